The van der Waals surface area contributed by atoms with Crippen molar-refractivity contribution in [3.05, 3.63) is 71.0 Å². The third kappa shape index (κ3) is 5.15. The van der Waals surface area contributed by atoms with Crippen molar-refractivity contribution in [3.63, 3.8) is 0 Å². The Kier molecular flexibility index (Phi) is 6.81. The highest BCUT2D eigenvalue weighted by Gasteiger charge is 2.28. The Morgan fingerprint density at radius 1 is 0.923 bits per heavy atom. The summed E-state index contributed by atoms with van der Waals surface area (Å²) in [6.07, 6.45) is 5.26. The molecule has 0 unspecified atom stereocenters. The average Bonchev–Trinajstić information content (AvgIpc) is 2.87. The Labute approximate surface area is 157 Å². The number of ether oxygens (including phenoxy) is 1. The van der Waals surface area contributed by atoms with Gasteiger partial charge in [0.15, 0.2) is 0 Å². The molecule has 0 spiro atoms. The van der Waals surface area contributed by atoms with Crippen molar-refractivity contribution < 1.29 is 13.6 Å². The zero-order valence-corrected chi connectivity index (χ0v) is 15.9. The predicted molar refractivity (Wildman–Crippen MR) is 104 cm³/mol. The van der Waals surface area contributed by atoms with Crippen LogP contribution in [0.25, 0.3) is 0 Å². The number of benzene rings is 2. The lowest BCUT2D eigenvalue weighted by Gasteiger charge is -2.38. The molecular weight excluding hydrogens is 325 g/mol. The topological polar surface area (TPSA) is 9.23 Å². The molecule has 140 valence electrons. The van der Waals surface area contributed by atoms with Gasteiger partial charge in [-0.25, -0.2) is 4.39 Å². The molecule has 0 amide bonds. The Bertz CT molecular complexity index is 658. The lowest BCUT2D eigenvalue weighted by atomic mass is 10.1. The van der Waals surface area contributed by atoms with Gasteiger partial charge in [0, 0.05) is 11.1 Å². The van der Waals surface area contributed by atoms with Gasteiger partial charge in [0.2, 0.25) is 0 Å². The molecule has 1 heterocycles. The van der Waals surface area contributed by atoms with Gasteiger partial charge in [-0.05, 0) is 44.2 Å². The highest BCUT2D eigenvalue weighted by Crippen LogP contribution is 2.22. The van der Waals surface area contributed by atoms with Gasteiger partial charge in [0.05, 0.1) is 26.3 Å². The lowest BCUT2D eigenvalue weighted by molar-refractivity contribution is -0.940. The zero-order valence-electron chi connectivity index (χ0n) is 15.9. The fourth-order valence-corrected chi connectivity index (χ4v) is 4.07. The van der Waals surface area contributed by atoms with Crippen molar-refractivity contribution in [2.75, 3.05) is 26.2 Å². The van der Waals surface area contributed by atoms with Crippen molar-refractivity contribution >= 4 is 0 Å². The normalized spacial score (nSPS) is 17.0. The third-order valence-corrected chi connectivity index (χ3v) is 5.69. The van der Waals surface area contributed by atoms with Gasteiger partial charge in [0.25, 0.3) is 0 Å². The van der Waals surface area contributed by atoms with Gasteiger partial charge in [0.1, 0.15) is 18.9 Å². The minimum atomic E-state index is -0.159. The van der Waals surface area contributed by atoms with Gasteiger partial charge in [-0.2, -0.15) is 0 Å². The van der Waals surface area contributed by atoms with E-state index in [1.165, 1.54) is 50.4 Å². The maximum absolute atomic E-state index is 14.0. The van der Waals surface area contributed by atoms with Crippen LogP contribution in [0.2, 0.25) is 0 Å². The van der Waals surface area contributed by atoms with Crippen molar-refractivity contribution in [3.8, 4) is 0 Å². The first-order valence-electron chi connectivity index (χ1n) is 9.89. The van der Waals surface area contributed by atoms with Crippen molar-refractivity contribution in [2.45, 2.75) is 45.8 Å². The van der Waals surface area contributed by atoms with Crippen LogP contribution in [0, 0.1) is 12.7 Å². The molecule has 2 aromatic carbocycles. The van der Waals surface area contributed by atoms with Crippen molar-refractivity contribution in [1.82, 2.24) is 0 Å². The number of rotatable bonds is 7. The van der Waals surface area contributed by atoms with E-state index < -0.39 is 0 Å². The molecule has 2 aromatic rings. The molecule has 3 heteroatoms. The average molecular weight is 357 g/mol. The molecule has 1 aliphatic heterocycles. The minimum Gasteiger partial charge on any atom is -0.371 e. The molecule has 0 radical (unpaired) electrons. The van der Waals surface area contributed by atoms with E-state index in [2.05, 4.69) is 30.3 Å². The fourth-order valence-electron chi connectivity index (χ4n) is 4.07. The molecule has 0 saturated carbocycles. The summed E-state index contributed by atoms with van der Waals surface area (Å²) in [7, 11) is 0. The molecule has 0 N–H and O–H groups in total. The highest BCUT2D eigenvalue weighted by molar-refractivity contribution is 5.26. The Morgan fingerprint density at radius 3 is 2.35 bits per heavy atom. The van der Waals surface area contributed by atoms with Gasteiger partial charge in [-0.1, -0.05) is 42.5 Å². The first-order chi connectivity index (χ1) is 12.7. The number of halogens is 1. The van der Waals surface area contributed by atoms with Crippen molar-refractivity contribution in [2.24, 2.45) is 0 Å². The minimum absolute atomic E-state index is 0.159. The largest absolute Gasteiger partial charge is 0.371 e. The van der Waals surface area contributed by atoms with Crippen LogP contribution in [-0.2, 0) is 17.9 Å². The van der Waals surface area contributed by atoms with E-state index in [-0.39, 0.29) is 5.82 Å². The van der Waals surface area contributed by atoms with E-state index >= 15 is 0 Å². The van der Waals surface area contributed by atoms with Crippen LogP contribution in [-0.4, -0.2) is 30.7 Å². The van der Waals surface area contributed by atoms with Crippen LogP contribution in [0.5, 0.6) is 0 Å². The summed E-state index contributed by atoms with van der Waals surface area (Å²) in [6.45, 7) is 7.50. The highest BCUT2D eigenvalue weighted by atomic mass is 19.1. The van der Waals surface area contributed by atoms with E-state index in [1.807, 2.05) is 13.0 Å². The Hall–Kier alpha value is -1.71. The predicted octanol–water partition coefficient (Wildman–Crippen LogP) is 5.24. The summed E-state index contributed by atoms with van der Waals surface area (Å²) >= 11 is 0. The van der Waals surface area contributed by atoms with E-state index in [0.717, 1.165) is 23.1 Å². The molecule has 0 atom stereocenters. The smallest absolute Gasteiger partial charge is 0.128 e. The summed E-state index contributed by atoms with van der Waals surface area (Å²) in [4.78, 5) is 0. The molecule has 0 aromatic heterocycles. The van der Waals surface area contributed by atoms with E-state index in [1.54, 1.807) is 6.07 Å². The summed E-state index contributed by atoms with van der Waals surface area (Å²) in [6, 6.07) is 16.0. The maximum atomic E-state index is 14.0. The number of likely N-dealkylation sites (tertiary alicyclic amines) is 1. The Balaban J connectivity index is 1.61. The fraction of sp³-hybridized carbons (Fsp3) is 0.478. The second-order valence-electron chi connectivity index (χ2n) is 7.66. The van der Waals surface area contributed by atoms with Crippen LogP contribution in [0.15, 0.2) is 48.5 Å². The molecule has 1 aliphatic rings. The SMILES string of the molecule is Cc1cccc(F)c1COCC[N+]1(Cc2ccccc2)CCCCCC1. The summed E-state index contributed by atoms with van der Waals surface area (Å²) < 4.78 is 21.0. The molecule has 3 rings (SSSR count). The zero-order chi connectivity index (χ0) is 18.2. The molecule has 2 nitrogen and oxygen atoms in total. The molecule has 0 bridgehead atoms. The Morgan fingerprint density at radius 2 is 1.65 bits per heavy atom. The van der Waals surface area contributed by atoms with Gasteiger partial charge in [-0.3, -0.25) is 0 Å². The van der Waals surface area contributed by atoms with Crippen LogP contribution in [0.4, 0.5) is 4.39 Å². The summed E-state index contributed by atoms with van der Waals surface area (Å²) in [5.41, 5.74) is 3.06. The number of hydrogen-bond acceptors (Lipinski definition) is 1. The third-order valence-electron chi connectivity index (χ3n) is 5.69. The van der Waals surface area contributed by atoms with Crippen LogP contribution < -0.4 is 0 Å². The summed E-state index contributed by atoms with van der Waals surface area (Å²) in [5, 5.41) is 0. The van der Waals surface area contributed by atoms with Gasteiger partial charge >= 0.3 is 0 Å². The number of hydrogen-bond donors (Lipinski definition) is 0. The van der Waals surface area contributed by atoms with E-state index in [4.69, 9.17) is 4.74 Å². The molecule has 26 heavy (non-hydrogen) atoms. The van der Waals surface area contributed by atoms with Gasteiger partial charge < -0.3 is 9.22 Å². The first-order valence-corrected chi connectivity index (χ1v) is 9.89. The molecule has 0 aliphatic carbocycles. The van der Waals surface area contributed by atoms with Crippen molar-refractivity contribution in [1.29, 1.82) is 0 Å². The van der Waals surface area contributed by atoms with E-state index in [9.17, 15) is 4.39 Å². The molecular formula is C23H31FNO+. The standard InChI is InChI=1S/C23H31FNO/c1-20-10-9-13-23(24)22(20)19-26-17-16-25(14-7-2-3-8-15-25)18-21-11-5-4-6-12-21/h4-6,9-13H,2-3,7-8,14-19H2,1H3/q+1. The molecule has 1 saturated heterocycles. The van der Waals surface area contributed by atoms with Gasteiger partial charge in [-0.15, -0.1) is 0 Å². The second kappa shape index (κ2) is 9.29. The number of nitrogens with zero attached hydrogens (tertiary/aromatic N) is 1. The van der Waals surface area contributed by atoms with Crippen LogP contribution in [0.1, 0.15) is 42.4 Å². The monoisotopic (exact) mass is 356 g/mol. The van der Waals surface area contributed by atoms with E-state index in [0.29, 0.717) is 18.8 Å². The first kappa shape index (κ1) is 19.1. The maximum Gasteiger partial charge on any atom is 0.128 e. The van der Waals surface area contributed by atoms with Crippen LogP contribution in [0.3, 0.4) is 0 Å². The van der Waals surface area contributed by atoms with Crippen LogP contribution >= 0.6 is 0 Å². The lowest BCUT2D eigenvalue weighted by Crippen LogP contribution is -2.50. The number of aryl methyl sites for hydroxylation is 1. The summed E-state index contributed by atoms with van der Waals surface area (Å²) in [5.74, 6) is -0.159. The second-order valence-corrected chi connectivity index (χ2v) is 7.66. The number of quaternary nitrogens is 1. The molecule has 1 fully saturated rings. The quantitative estimate of drug-likeness (QED) is 0.487.